The Morgan fingerprint density at radius 2 is 1.86 bits per heavy atom. The van der Waals surface area contributed by atoms with Crippen molar-refractivity contribution < 1.29 is 19.0 Å². The van der Waals surface area contributed by atoms with E-state index < -0.39 is 19.1 Å². The third kappa shape index (κ3) is 2.47. The van der Waals surface area contributed by atoms with E-state index >= 15 is 0 Å². The highest BCUT2D eigenvalue weighted by atomic mass is 19.2. The van der Waals surface area contributed by atoms with Crippen LogP contribution in [-0.2, 0) is 0 Å². The summed E-state index contributed by atoms with van der Waals surface area (Å²) in [5.74, 6) is 0. The number of rotatable bonds is 2. The topological polar surface area (TPSA) is 40.5 Å². The Morgan fingerprint density at radius 1 is 1.43 bits per heavy atom. The molecule has 7 heavy (non-hydrogen) atoms. The van der Waals surface area contributed by atoms with Crippen LogP contribution in [0.2, 0.25) is 0 Å². The first kappa shape index (κ1) is 6.78. The number of aliphatic hydroxyl groups is 2. The number of halogens is 2. The molecule has 4 heteroatoms. The Hall–Kier alpha value is -0.220. The third-order valence-electron chi connectivity index (χ3n) is 0.476. The van der Waals surface area contributed by atoms with Crippen molar-refractivity contribution >= 4 is 0 Å². The fraction of sp³-hybridized carbons (Fsp3) is 1.00. The summed E-state index contributed by atoms with van der Waals surface area (Å²) >= 11 is 0. The first-order valence-corrected chi connectivity index (χ1v) is 1.74. The first-order chi connectivity index (χ1) is 3.18. The van der Waals surface area contributed by atoms with Crippen LogP contribution in [0.25, 0.3) is 0 Å². The fourth-order valence-electron chi connectivity index (χ4n) is 0.0735. The number of hydrogen-bond acceptors (Lipinski definition) is 2. The average Bonchev–Trinajstić information content (AvgIpc) is 1.65. The monoisotopic (exact) mass is 112 g/mol. The minimum atomic E-state index is -2.45. The maximum Gasteiger partial charge on any atom is 0.225 e. The van der Waals surface area contributed by atoms with Crippen LogP contribution in [0.5, 0.6) is 0 Å². The summed E-state index contributed by atoms with van der Waals surface area (Å²) in [7, 11) is 0. The summed E-state index contributed by atoms with van der Waals surface area (Å²) in [5.41, 5.74) is 0. The zero-order chi connectivity index (χ0) is 5.86. The molecule has 0 saturated heterocycles. The molecule has 2 nitrogen and oxygen atoms in total. The van der Waals surface area contributed by atoms with E-state index in [4.69, 9.17) is 10.2 Å². The van der Waals surface area contributed by atoms with Crippen LogP contribution in [-0.4, -0.2) is 29.3 Å². The van der Waals surface area contributed by atoms with Gasteiger partial charge in [0.25, 0.3) is 0 Å². The van der Waals surface area contributed by atoms with Gasteiger partial charge >= 0.3 is 0 Å². The van der Waals surface area contributed by atoms with Gasteiger partial charge in [0.1, 0.15) is 12.8 Å². The molecule has 2 N–H and O–H groups in total. The molecule has 0 aromatic rings. The predicted octanol–water partition coefficient (Wildman–Crippen LogP) is -0.395. The fourth-order valence-corrected chi connectivity index (χ4v) is 0.0735. The largest absolute Gasteiger partial charge is 0.385 e. The molecule has 2 atom stereocenters. The minimum absolute atomic E-state index is 1.25. The Morgan fingerprint density at radius 3 is 1.86 bits per heavy atom. The van der Waals surface area contributed by atoms with Gasteiger partial charge in [0, 0.05) is 0 Å². The van der Waals surface area contributed by atoms with E-state index in [1.165, 1.54) is 0 Å². The van der Waals surface area contributed by atoms with Crippen LogP contribution in [0.4, 0.5) is 8.78 Å². The quantitative estimate of drug-likeness (QED) is 0.510. The smallest absolute Gasteiger partial charge is 0.225 e. The van der Waals surface area contributed by atoms with Gasteiger partial charge < -0.3 is 10.2 Å². The van der Waals surface area contributed by atoms with Crippen molar-refractivity contribution in [3.63, 3.8) is 0 Å². The number of aliphatic hydroxyl groups excluding tert-OH is 2. The Bertz CT molecular complexity index is 48.2. The Balaban J connectivity index is 3.14. The molecule has 0 heterocycles. The molecule has 0 fully saturated rings. The summed E-state index contributed by atoms with van der Waals surface area (Å²) in [6.07, 6.45) is -4.33. The van der Waals surface area contributed by atoms with Gasteiger partial charge in [-0.05, 0) is 0 Å². The number of hydrogen-bond donors (Lipinski definition) is 2. The highest BCUT2D eigenvalue weighted by Gasteiger charge is 2.12. The SMILES string of the molecule is OC(F)C(O)CF. The van der Waals surface area contributed by atoms with Gasteiger partial charge in [-0.25, -0.2) is 8.78 Å². The lowest BCUT2D eigenvalue weighted by atomic mass is 10.4. The van der Waals surface area contributed by atoms with Crippen molar-refractivity contribution in [1.29, 1.82) is 0 Å². The summed E-state index contributed by atoms with van der Waals surface area (Å²) in [5, 5.41) is 15.6. The zero-order valence-corrected chi connectivity index (χ0v) is 3.51. The molecular formula is C3H6F2O2. The Labute approximate surface area is 39.4 Å². The summed E-state index contributed by atoms with van der Waals surface area (Å²) in [6, 6.07) is 0. The van der Waals surface area contributed by atoms with Crippen LogP contribution >= 0.6 is 0 Å². The molecule has 0 amide bonds. The average molecular weight is 112 g/mol. The molecule has 0 aliphatic carbocycles. The van der Waals surface area contributed by atoms with E-state index in [0.717, 1.165) is 0 Å². The molecule has 0 aliphatic rings. The van der Waals surface area contributed by atoms with E-state index in [0.29, 0.717) is 0 Å². The highest BCUT2D eigenvalue weighted by molar-refractivity contribution is 4.51. The standard InChI is InChI=1S/C3H6F2O2/c4-1-2(6)3(5)7/h2-3,6-7H,1H2. The van der Waals surface area contributed by atoms with Crippen LogP contribution in [0.1, 0.15) is 0 Å². The lowest BCUT2D eigenvalue weighted by Gasteiger charge is -2.02. The van der Waals surface area contributed by atoms with Crippen molar-refractivity contribution in [1.82, 2.24) is 0 Å². The van der Waals surface area contributed by atoms with Crippen molar-refractivity contribution in [2.45, 2.75) is 12.5 Å². The van der Waals surface area contributed by atoms with Crippen molar-refractivity contribution in [3.05, 3.63) is 0 Å². The zero-order valence-electron chi connectivity index (χ0n) is 3.51. The minimum Gasteiger partial charge on any atom is -0.385 e. The maximum absolute atomic E-state index is 11.2. The second-order valence-electron chi connectivity index (χ2n) is 1.09. The van der Waals surface area contributed by atoms with Crippen LogP contribution in [0.3, 0.4) is 0 Å². The van der Waals surface area contributed by atoms with Gasteiger partial charge in [-0.1, -0.05) is 0 Å². The molecule has 44 valence electrons. The maximum atomic E-state index is 11.2. The van der Waals surface area contributed by atoms with Gasteiger partial charge in [0.2, 0.25) is 6.36 Å². The van der Waals surface area contributed by atoms with E-state index in [9.17, 15) is 8.78 Å². The summed E-state index contributed by atoms with van der Waals surface area (Å²) < 4.78 is 22.1. The molecule has 0 aromatic carbocycles. The molecule has 0 spiro atoms. The van der Waals surface area contributed by atoms with Crippen LogP contribution < -0.4 is 0 Å². The molecule has 0 saturated carbocycles. The van der Waals surface area contributed by atoms with Crippen molar-refractivity contribution in [3.8, 4) is 0 Å². The molecule has 2 unspecified atom stereocenters. The second kappa shape index (κ2) is 2.87. The summed E-state index contributed by atoms with van der Waals surface area (Å²) in [4.78, 5) is 0. The first-order valence-electron chi connectivity index (χ1n) is 1.74. The second-order valence-corrected chi connectivity index (χ2v) is 1.09. The molecule has 0 rings (SSSR count). The summed E-state index contributed by atoms with van der Waals surface area (Å²) in [6.45, 7) is -1.25. The van der Waals surface area contributed by atoms with Crippen LogP contribution in [0, 0.1) is 0 Å². The normalized spacial score (nSPS) is 18.9. The van der Waals surface area contributed by atoms with E-state index in [-0.39, 0.29) is 0 Å². The molecular weight excluding hydrogens is 106 g/mol. The van der Waals surface area contributed by atoms with Gasteiger partial charge in [-0.2, -0.15) is 0 Å². The third-order valence-corrected chi connectivity index (χ3v) is 0.476. The highest BCUT2D eigenvalue weighted by Crippen LogP contribution is 1.93. The molecule has 0 bridgehead atoms. The predicted molar refractivity (Wildman–Crippen MR) is 19.1 cm³/mol. The van der Waals surface area contributed by atoms with Crippen molar-refractivity contribution in [2.75, 3.05) is 6.67 Å². The van der Waals surface area contributed by atoms with Crippen LogP contribution in [0.15, 0.2) is 0 Å². The number of alkyl halides is 2. The van der Waals surface area contributed by atoms with E-state index in [1.807, 2.05) is 0 Å². The molecule has 0 aliphatic heterocycles. The lowest BCUT2D eigenvalue weighted by molar-refractivity contribution is -0.0727. The Kier molecular flexibility index (Phi) is 2.78. The van der Waals surface area contributed by atoms with Gasteiger partial charge in [-0.3, -0.25) is 0 Å². The van der Waals surface area contributed by atoms with E-state index in [2.05, 4.69) is 0 Å². The van der Waals surface area contributed by atoms with E-state index in [1.54, 1.807) is 0 Å². The van der Waals surface area contributed by atoms with Gasteiger partial charge in [0.05, 0.1) is 0 Å². The molecule has 0 aromatic heterocycles. The van der Waals surface area contributed by atoms with Crippen molar-refractivity contribution in [2.24, 2.45) is 0 Å². The lowest BCUT2D eigenvalue weighted by Crippen LogP contribution is -2.22. The van der Waals surface area contributed by atoms with Gasteiger partial charge in [0.15, 0.2) is 0 Å². The molecule has 0 radical (unpaired) electrons. The van der Waals surface area contributed by atoms with Gasteiger partial charge in [-0.15, -0.1) is 0 Å².